The van der Waals surface area contributed by atoms with Gasteiger partial charge in [-0.05, 0) is 69.1 Å². The van der Waals surface area contributed by atoms with Crippen molar-refractivity contribution in [3.63, 3.8) is 0 Å². The number of benzene rings is 2. The number of carbonyl (C=O) groups excluding carboxylic acids is 3. The predicted molar refractivity (Wildman–Crippen MR) is 332 cm³/mol. The molecule has 7 N–H and O–H groups in total. The number of fused-ring (bicyclic) bond motifs is 2. The molecule has 0 bridgehead atoms. The van der Waals surface area contributed by atoms with Crippen molar-refractivity contribution in [3.8, 4) is 45.5 Å². The van der Waals surface area contributed by atoms with E-state index in [0.717, 1.165) is 34.4 Å². The van der Waals surface area contributed by atoms with Crippen molar-refractivity contribution in [3.05, 3.63) is 94.2 Å². The monoisotopic (exact) mass is 1240 g/mol. The molecule has 10 rings (SSSR count). The quantitative estimate of drug-likeness (QED) is 0.0314. The highest BCUT2D eigenvalue weighted by Gasteiger charge is 2.37. The van der Waals surface area contributed by atoms with Gasteiger partial charge in [-0.2, -0.15) is 0 Å². The van der Waals surface area contributed by atoms with Gasteiger partial charge in [-0.1, -0.05) is 59.6 Å². The van der Waals surface area contributed by atoms with Gasteiger partial charge >= 0.3 is 6.03 Å². The number of nitrogens with zero attached hydrogens (tertiary/aromatic N) is 6. The first-order valence-corrected chi connectivity index (χ1v) is 29.3. The normalized spacial score (nSPS) is 21.1. The number of nitrogens with one attached hydrogen (secondary N) is 7. The Hall–Kier alpha value is -7.31. The molecule has 0 radical (unpaired) electrons. The fourth-order valence-electron chi connectivity index (χ4n) is 11.2. The van der Waals surface area contributed by atoms with Crippen LogP contribution >= 0.6 is 46.4 Å². The number of aromatic nitrogens is 4. The van der Waals surface area contributed by atoms with Gasteiger partial charge in [0.15, 0.2) is 0 Å². The number of hydrogen-bond donors (Lipinski definition) is 7. The van der Waals surface area contributed by atoms with Gasteiger partial charge in [-0.25, -0.2) is 24.7 Å². The van der Waals surface area contributed by atoms with E-state index in [1.165, 1.54) is 33.5 Å². The molecule has 0 spiro atoms. The van der Waals surface area contributed by atoms with E-state index in [-0.39, 0.29) is 87.5 Å². The molecule has 3 unspecified atom stereocenters. The molecule has 4 amide bonds. The zero-order chi connectivity index (χ0) is 60.1. The summed E-state index contributed by atoms with van der Waals surface area (Å²) < 4.78 is 36.1. The largest absolute Gasteiger partial charge is 0.495 e. The number of likely N-dealkylation sites (N-methyl/N-ethyl adjacent to an activating group) is 1. The summed E-state index contributed by atoms with van der Waals surface area (Å²) in [4.78, 5) is 61.1. The molecule has 8 heterocycles. The summed E-state index contributed by atoms with van der Waals surface area (Å²) in [5.41, 5.74) is 1.69. The van der Waals surface area contributed by atoms with Crippen LogP contribution in [0.2, 0.25) is 20.1 Å². The van der Waals surface area contributed by atoms with E-state index in [2.05, 4.69) is 55.3 Å². The van der Waals surface area contributed by atoms with Crippen LogP contribution in [0.25, 0.3) is 44.1 Å². The molecule has 4 aliphatic heterocycles. The van der Waals surface area contributed by atoms with Crippen LogP contribution in [0.5, 0.6) is 23.0 Å². The van der Waals surface area contributed by atoms with Crippen molar-refractivity contribution in [1.29, 1.82) is 0 Å². The maximum Gasteiger partial charge on any atom is 0.317 e. The first-order valence-electron chi connectivity index (χ1n) is 27.8. The zero-order valence-electron chi connectivity index (χ0n) is 47.6. The Morgan fingerprint density at radius 2 is 1.13 bits per heavy atom. The summed E-state index contributed by atoms with van der Waals surface area (Å²) in [5.74, 6) is 2.89. The first-order chi connectivity index (χ1) is 41.1. The second kappa shape index (κ2) is 26.9. The number of pyridine rings is 4. The van der Waals surface area contributed by atoms with E-state index < -0.39 is 6.04 Å². The third-order valence-electron chi connectivity index (χ3n) is 15.5. The highest BCUT2D eigenvalue weighted by molar-refractivity contribution is 6.42. The van der Waals surface area contributed by atoms with Gasteiger partial charge in [-0.3, -0.25) is 9.59 Å². The summed E-state index contributed by atoms with van der Waals surface area (Å²) in [6, 6.07) is 9.40. The van der Waals surface area contributed by atoms with Crippen LogP contribution in [-0.2, 0) is 19.1 Å². The third-order valence-corrected chi connectivity index (χ3v) is 17.0. The molecule has 450 valence electrons. The van der Waals surface area contributed by atoms with E-state index in [0.29, 0.717) is 121 Å². The summed E-state index contributed by atoms with van der Waals surface area (Å²) in [5, 5.41) is 26.6. The molecule has 4 aromatic heterocycles. The van der Waals surface area contributed by atoms with Crippen molar-refractivity contribution in [2.24, 2.45) is 0 Å². The van der Waals surface area contributed by atoms with Crippen LogP contribution in [-0.4, -0.2) is 178 Å². The number of halogens is 4. The molecule has 0 saturated carbocycles. The maximum absolute atomic E-state index is 12.7. The van der Waals surface area contributed by atoms with E-state index in [1.54, 1.807) is 36.5 Å². The third kappa shape index (κ3) is 13.5. The standard InChI is InChI=1S/C59H67Cl4N13O9/c1-8-49(77)71-40-26-75(4)25-39(40)69-47-17-36-30(21-65-47)15-37(51-53(60)43(80-5)19-44(81-6)54(51)61)73-58(36)68-24-33-12-13-34(85-33)29-84-46-20-45(82-7)55(62)52(56(46)63)38-16-31-22-66-48(18-35(31)57(74-38)67-23-32-11-10-14-83-32)70-41-27-76(59(79)64-3)28-42(41)72-50(78)9-2/h8-9,15-22,32-34,39-42H,1-2,10-14,23-29H2,3-7H3,(H,64,79)(H,65,69)(H,66,70)(H,67,74)(H,68,73)(H,71,77)(H,72,78)/t32?,33?,34?,39-,40+,41-,42+/m1/s1. The summed E-state index contributed by atoms with van der Waals surface area (Å²) in [7, 11) is 8.10. The molecule has 26 heteroatoms. The van der Waals surface area contributed by atoms with Gasteiger partial charge in [0.1, 0.15) is 52.9 Å². The fraction of sp³-hybridized carbons (Fsp3) is 0.407. The molecule has 4 aliphatic rings. The number of urea groups is 1. The summed E-state index contributed by atoms with van der Waals surface area (Å²) >= 11 is 28.4. The number of hydrogen-bond acceptors (Lipinski definition) is 18. The van der Waals surface area contributed by atoms with Gasteiger partial charge in [0.05, 0.1) is 95.3 Å². The Labute approximate surface area is 512 Å². The molecule has 22 nitrogen and oxygen atoms in total. The minimum atomic E-state index is -0.423. The molecule has 0 aliphatic carbocycles. The van der Waals surface area contributed by atoms with Crippen molar-refractivity contribution in [2.45, 2.75) is 68.2 Å². The number of anilines is 4. The minimum Gasteiger partial charge on any atom is -0.495 e. The lowest BCUT2D eigenvalue weighted by molar-refractivity contribution is -0.117. The zero-order valence-corrected chi connectivity index (χ0v) is 50.6. The molecular formula is C59H67Cl4N13O9. The van der Waals surface area contributed by atoms with E-state index in [4.69, 9.17) is 94.8 Å². The highest BCUT2D eigenvalue weighted by Crippen LogP contribution is 2.48. The fourth-order valence-corrected chi connectivity index (χ4v) is 12.6. The number of amides is 4. The molecule has 6 aromatic rings. The van der Waals surface area contributed by atoms with Crippen LogP contribution < -0.4 is 56.2 Å². The van der Waals surface area contributed by atoms with Crippen molar-refractivity contribution in [2.75, 3.05) is 109 Å². The molecular weight excluding hydrogens is 1180 g/mol. The lowest BCUT2D eigenvalue weighted by Crippen LogP contribution is -2.45. The average Bonchev–Trinajstić information content (AvgIpc) is 3.22. The number of carbonyl (C=O) groups is 3. The maximum atomic E-state index is 12.7. The number of ether oxygens (including phenoxy) is 6. The summed E-state index contributed by atoms with van der Waals surface area (Å²) in [6.45, 7) is 10.8. The second-order valence-electron chi connectivity index (χ2n) is 21.1. The lowest BCUT2D eigenvalue weighted by atomic mass is 10.1. The van der Waals surface area contributed by atoms with Crippen LogP contribution in [0, 0.1) is 0 Å². The molecule has 85 heavy (non-hydrogen) atoms. The molecule has 2 aromatic carbocycles. The number of methoxy groups -OCH3 is 3. The molecule has 4 fully saturated rings. The van der Waals surface area contributed by atoms with Crippen LogP contribution in [0.15, 0.2) is 74.1 Å². The number of rotatable bonds is 22. The van der Waals surface area contributed by atoms with Gasteiger partial charge < -0.3 is 75.4 Å². The Bertz CT molecular complexity index is 3500. The van der Waals surface area contributed by atoms with Crippen LogP contribution in [0.3, 0.4) is 0 Å². The smallest absolute Gasteiger partial charge is 0.317 e. The summed E-state index contributed by atoms with van der Waals surface area (Å²) in [6.07, 6.45) is 8.55. The topological polar surface area (TPSA) is 249 Å². The van der Waals surface area contributed by atoms with Crippen LogP contribution in [0.4, 0.5) is 28.1 Å². The SMILES string of the molecule is C=CC(=O)N[C@H]1CN(C)C[C@H]1Nc1cc2c(NCC3CCC(COc4cc(OC)c(Cl)c(-c5cc6cnc(N[C@@H]7CN(C(=O)NC)C[C@@H]7NC(=O)C=C)cc6c(NCC6CCCO6)n5)c4Cl)O3)nc(-c3c(Cl)c(OC)cc(OC)c3Cl)cc2cn1. The molecule has 7 atom stereocenters. The minimum absolute atomic E-state index is 0.0236. The van der Waals surface area contributed by atoms with Crippen molar-refractivity contribution in [1.82, 2.24) is 45.7 Å². The van der Waals surface area contributed by atoms with Gasteiger partial charge in [0.2, 0.25) is 11.8 Å². The van der Waals surface area contributed by atoms with Gasteiger partial charge in [-0.15, -0.1) is 0 Å². The van der Waals surface area contributed by atoms with E-state index in [9.17, 15) is 14.4 Å². The predicted octanol–water partition coefficient (Wildman–Crippen LogP) is 8.68. The molecule has 4 saturated heterocycles. The Morgan fingerprint density at radius 3 is 1.65 bits per heavy atom. The number of likely N-dealkylation sites (tertiary alicyclic amines) is 2. The van der Waals surface area contributed by atoms with Gasteiger partial charge in [0, 0.05) is 110 Å². The van der Waals surface area contributed by atoms with Crippen LogP contribution in [0.1, 0.15) is 25.7 Å². The lowest BCUT2D eigenvalue weighted by Gasteiger charge is -2.22. The van der Waals surface area contributed by atoms with E-state index >= 15 is 0 Å². The second-order valence-corrected chi connectivity index (χ2v) is 22.7. The highest BCUT2D eigenvalue weighted by atomic mass is 35.5. The van der Waals surface area contributed by atoms with Crippen molar-refractivity contribution < 1.29 is 42.8 Å². The average molecular weight is 1240 g/mol. The van der Waals surface area contributed by atoms with Gasteiger partial charge in [0.25, 0.3) is 0 Å². The van der Waals surface area contributed by atoms with E-state index in [1.807, 2.05) is 31.3 Å². The Balaban J connectivity index is 0.887. The Morgan fingerprint density at radius 1 is 0.647 bits per heavy atom. The van der Waals surface area contributed by atoms with Crippen molar-refractivity contribution >= 4 is 109 Å². The first kappa shape index (κ1) is 60.8. The Kier molecular flexibility index (Phi) is 19.3.